The monoisotopic (exact) mass is 492 g/mol. The summed E-state index contributed by atoms with van der Waals surface area (Å²) in [5.41, 5.74) is 1.58. The van der Waals surface area contributed by atoms with Crippen molar-refractivity contribution in [2.45, 2.75) is 45.3 Å². The maximum atomic E-state index is 13.7. The van der Waals surface area contributed by atoms with E-state index < -0.39 is 0 Å². The molecule has 154 valence electrons. The molecule has 27 heavy (non-hydrogen) atoms. The number of nitrogens with one attached hydrogen (secondary N) is 2. The molecule has 2 N–H and O–H groups in total. The van der Waals surface area contributed by atoms with Crippen molar-refractivity contribution >= 4 is 29.9 Å². The number of halogens is 2. The molecule has 1 aromatic carbocycles. The second-order valence-corrected chi connectivity index (χ2v) is 6.82. The summed E-state index contributed by atoms with van der Waals surface area (Å²) in [5.74, 6) is 0.546. The van der Waals surface area contributed by atoms with E-state index in [0.29, 0.717) is 12.1 Å². The molecular weight excluding hydrogens is 458 g/mol. The van der Waals surface area contributed by atoms with Crippen LogP contribution in [0.15, 0.2) is 23.2 Å². The molecule has 0 atom stereocenters. The average molecular weight is 492 g/mol. The Kier molecular flexibility index (Phi) is 12.6. The Morgan fingerprint density at radius 1 is 1.19 bits per heavy atom. The lowest BCUT2D eigenvalue weighted by Crippen LogP contribution is -2.38. The van der Waals surface area contributed by atoms with Gasteiger partial charge in [-0.25, -0.2) is 4.39 Å². The van der Waals surface area contributed by atoms with Crippen LogP contribution in [0.25, 0.3) is 0 Å². The Morgan fingerprint density at radius 3 is 2.59 bits per heavy atom. The Hall–Kier alpha value is -0.930. The lowest BCUT2D eigenvalue weighted by Gasteiger charge is -2.20. The molecule has 0 spiro atoms. The molecule has 0 saturated carbocycles. The fourth-order valence-electron chi connectivity index (χ4n) is 3.28. The quantitative estimate of drug-likeness (QED) is 0.253. The van der Waals surface area contributed by atoms with Crippen LogP contribution < -0.4 is 10.6 Å². The number of aliphatic imine (C=N–C) groups is 1. The Balaban J connectivity index is 0.00000364. The first-order valence-corrected chi connectivity index (χ1v) is 9.66. The van der Waals surface area contributed by atoms with E-state index >= 15 is 0 Å². The summed E-state index contributed by atoms with van der Waals surface area (Å²) in [6.45, 7) is 5.39. The number of likely N-dealkylation sites (tertiary alicyclic amines) is 1. The van der Waals surface area contributed by atoms with Gasteiger partial charge in [0, 0.05) is 32.8 Å². The molecule has 1 aliphatic rings. The third-order valence-electron chi connectivity index (χ3n) is 4.74. The highest BCUT2D eigenvalue weighted by atomic mass is 127. The standard InChI is InChI=1S/C20H33FN4O.HI/c1-22-20(23-10-7-13-25-11-5-3-4-6-12-25)24-15-17-8-9-19(21)18(14-17)16-26-2;/h8-9,14H,3-7,10-13,15-16H2,1-2H3,(H2,22,23,24);1H. The number of guanidine groups is 1. The second-order valence-electron chi connectivity index (χ2n) is 6.82. The summed E-state index contributed by atoms with van der Waals surface area (Å²) in [6.07, 6.45) is 6.52. The lowest BCUT2D eigenvalue weighted by atomic mass is 10.1. The number of hydrogen-bond donors (Lipinski definition) is 2. The van der Waals surface area contributed by atoms with Crippen molar-refractivity contribution in [2.75, 3.05) is 40.3 Å². The average Bonchev–Trinajstić information content (AvgIpc) is 2.92. The highest BCUT2D eigenvalue weighted by molar-refractivity contribution is 14.0. The highest BCUT2D eigenvalue weighted by Gasteiger charge is 2.08. The third-order valence-corrected chi connectivity index (χ3v) is 4.74. The van der Waals surface area contributed by atoms with E-state index in [-0.39, 0.29) is 36.4 Å². The maximum absolute atomic E-state index is 13.7. The van der Waals surface area contributed by atoms with Crippen molar-refractivity contribution in [1.82, 2.24) is 15.5 Å². The summed E-state index contributed by atoms with van der Waals surface area (Å²) in [7, 11) is 3.34. The first-order valence-electron chi connectivity index (χ1n) is 9.66. The van der Waals surface area contributed by atoms with Crippen LogP contribution >= 0.6 is 24.0 Å². The number of hydrogen-bond acceptors (Lipinski definition) is 3. The van der Waals surface area contributed by atoms with Gasteiger partial charge in [0.05, 0.1) is 6.61 Å². The Bertz CT molecular complexity index is 563. The molecule has 7 heteroatoms. The van der Waals surface area contributed by atoms with Gasteiger partial charge < -0.3 is 20.3 Å². The number of nitrogens with zero attached hydrogens (tertiary/aromatic N) is 2. The molecule has 0 bridgehead atoms. The predicted molar refractivity (Wildman–Crippen MR) is 120 cm³/mol. The van der Waals surface area contributed by atoms with Gasteiger partial charge in [0.2, 0.25) is 0 Å². The molecule has 0 aromatic heterocycles. The van der Waals surface area contributed by atoms with Crippen molar-refractivity contribution in [3.05, 3.63) is 35.1 Å². The number of methoxy groups -OCH3 is 1. The predicted octanol–water partition coefficient (Wildman–Crippen LogP) is 3.52. The third kappa shape index (κ3) is 9.21. The summed E-state index contributed by atoms with van der Waals surface area (Å²) in [5, 5.41) is 6.64. The van der Waals surface area contributed by atoms with Crippen LogP contribution in [-0.4, -0.2) is 51.2 Å². The molecule has 1 aliphatic heterocycles. The van der Waals surface area contributed by atoms with Crippen molar-refractivity contribution in [3.8, 4) is 0 Å². The molecule has 0 radical (unpaired) electrons. The molecule has 0 unspecified atom stereocenters. The van der Waals surface area contributed by atoms with Gasteiger partial charge in [-0.05, 0) is 56.6 Å². The van der Waals surface area contributed by atoms with Gasteiger partial charge in [0.25, 0.3) is 0 Å². The van der Waals surface area contributed by atoms with E-state index in [1.165, 1.54) is 44.8 Å². The largest absolute Gasteiger partial charge is 0.380 e. The van der Waals surface area contributed by atoms with E-state index in [9.17, 15) is 4.39 Å². The fourth-order valence-corrected chi connectivity index (χ4v) is 3.28. The van der Waals surface area contributed by atoms with Crippen molar-refractivity contribution in [3.63, 3.8) is 0 Å². The minimum Gasteiger partial charge on any atom is -0.380 e. The summed E-state index contributed by atoms with van der Waals surface area (Å²) in [6, 6.07) is 5.11. The molecule has 2 rings (SSSR count). The SMILES string of the molecule is CN=C(NCCCN1CCCCCC1)NCc1ccc(F)c(COC)c1.I. The van der Waals surface area contributed by atoms with Gasteiger partial charge in [-0.3, -0.25) is 4.99 Å². The van der Waals surface area contributed by atoms with E-state index in [4.69, 9.17) is 4.74 Å². The Labute approximate surface area is 180 Å². The second kappa shape index (κ2) is 14.1. The van der Waals surface area contributed by atoms with Gasteiger partial charge in [0.15, 0.2) is 5.96 Å². The van der Waals surface area contributed by atoms with Crippen molar-refractivity contribution < 1.29 is 9.13 Å². The smallest absolute Gasteiger partial charge is 0.191 e. The number of ether oxygens (including phenoxy) is 1. The topological polar surface area (TPSA) is 48.9 Å². The number of rotatable bonds is 8. The first kappa shape index (κ1) is 24.1. The highest BCUT2D eigenvalue weighted by Crippen LogP contribution is 2.12. The van der Waals surface area contributed by atoms with Gasteiger partial charge in [-0.2, -0.15) is 0 Å². The fraction of sp³-hybridized carbons (Fsp3) is 0.650. The van der Waals surface area contributed by atoms with Crippen LogP contribution in [0.3, 0.4) is 0 Å². The summed E-state index contributed by atoms with van der Waals surface area (Å²) < 4.78 is 18.7. The molecule has 1 aromatic rings. The molecule has 1 saturated heterocycles. The van der Waals surface area contributed by atoms with E-state index in [1.807, 2.05) is 6.07 Å². The van der Waals surface area contributed by atoms with E-state index in [0.717, 1.165) is 31.0 Å². The summed E-state index contributed by atoms with van der Waals surface area (Å²) >= 11 is 0. The van der Waals surface area contributed by atoms with Gasteiger partial charge >= 0.3 is 0 Å². The van der Waals surface area contributed by atoms with Crippen molar-refractivity contribution in [1.29, 1.82) is 0 Å². The molecule has 0 aliphatic carbocycles. The molecule has 0 amide bonds. The molecular formula is C20H34FIN4O. The minimum absolute atomic E-state index is 0. The van der Waals surface area contributed by atoms with Gasteiger partial charge in [-0.1, -0.05) is 18.9 Å². The van der Waals surface area contributed by atoms with Crippen LogP contribution in [0.5, 0.6) is 0 Å². The minimum atomic E-state index is -0.230. The Morgan fingerprint density at radius 2 is 1.93 bits per heavy atom. The van der Waals surface area contributed by atoms with Crippen LogP contribution in [0.4, 0.5) is 4.39 Å². The van der Waals surface area contributed by atoms with Gasteiger partial charge in [-0.15, -0.1) is 24.0 Å². The van der Waals surface area contributed by atoms with Crippen LogP contribution in [-0.2, 0) is 17.9 Å². The van der Waals surface area contributed by atoms with E-state index in [1.54, 1.807) is 20.2 Å². The molecule has 5 nitrogen and oxygen atoms in total. The normalized spacial score (nSPS) is 15.7. The van der Waals surface area contributed by atoms with E-state index in [2.05, 4.69) is 20.5 Å². The zero-order chi connectivity index (χ0) is 18.6. The summed E-state index contributed by atoms with van der Waals surface area (Å²) in [4.78, 5) is 6.83. The zero-order valence-electron chi connectivity index (χ0n) is 16.6. The number of benzene rings is 1. The van der Waals surface area contributed by atoms with Crippen LogP contribution in [0.1, 0.15) is 43.2 Å². The van der Waals surface area contributed by atoms with Crippen LogP contribution in [0.2, 0.25) is 0 Å². The maximum Gasteiger partial charge on any atom is 0.191 e. The van der Waals surface area contributed by atoms with Crippen molar-refractivity contribution in [2.24, 2.45) is 4.99 Å². The molecule has 1 heterocycles. The first-order chi connectivity index (χ1) is 12.7. The van der Waals surface area contributed by atoms with Gasteiger partial charge in [0.1, 0.15) is 5.82 Å². The molecule has 1 fully saturated rings. The zero-order valence-corrected chi connectivity index (χ0v) is 18.9. The van der Waals surface area contributed by atoms with Crippen LogP contribution in [0, 0.1) is 5.82 Å². The lowest BCUT2D eigenvalue weighted by molar-refractivity contribution is 0.181.